The Morgan fingerprint density at radius 2 is 1.27 bits per heavy atom. The van der Waals surface area contributed by atoms with Crippen LogP contribution in [-0.4, -0.2) is 18.9 Å². The van der Waals surface area contributed by atoms with Crippen molar-refractivity contribution in [3.63, 3.8) is 0 Å². The van der Waals surface area contributed by atoms with Crippen molar-refractivity contribution in [2.24, 2.45) is 0 Å². The summed E-state index contributed by atoms with van der Waals surface area (Å²) < 4.78 is 11.5. The van der Waals surface area contributed by atoms with E-state index in [-0.39, 0.29) is 16.2 Å². The molecule has 1 aliphatic carbocycles. The van der Waals surface area contributed by atoms with E-state index in [2.05, 4.69) is 166 Å². The molecule has 5 heteroatoms. The zero-order valence-electron chi connectivity index (χ0n) is 30.2. The molecule has 0 saturated heterocycles. The highest BCUT2D eigenvalue weighted by atomic mass is 16.5. The monoisotopic (exact) mass is 674 g/mol. The molecule has 52 heavy (non-hydrogen) atoms. The van der Waals surface area contributed by atoms with Crippen molar-refractivity contribution >= 4 is 49.1 Å². The van der Waals surface area contributed by atoms with Gasteiger partial charge in [0.15, 0.2) is 0 Å². The summed E-state index contributed by atoms with van der Waals surface area (Å²) in [6, 6.07) is 39.3. The Kier molecular flexibility index (Phi) is 5.54. The Hall–Kier alpha value is -5.94. The van der Waals surface area contributed by atoms with Gasteiger partial charge in [-0.1, -0.05) is 102 Å². The number of hydrogen-bond acceptors (Lipinski definition) is 3. The summed E-state index contributed by atoms with van der Waals surface area (Å²) in [5.41, 5.74) is 11.8. The molecule has 1 aliphatic heterocycles. The molecule has 0 unspecified atom stereocenters. The van der Waals surface area contributed by atoms with Crippen LogP contribution in [0, 0.1) is 0 Å². The maximum Gasteiger partial charge on any atom is 0.145 e. The minimum atomic E-state index is -0.120. The molecule has 5 aromatic carbocycles. The van der Waals surface area contributed by atoms with Crippen LogP contribution in [0.3, 0.4) is 0 Å². The molecule has 5 nitrogen and oxygen atoms in total. The summed E-state index contributed by atoms with van der Waals surface area (Å²) >= 11 is 0. The first-order valence-electron chi connectivity index (χ1n) is 18.2. The van der Waals surface area contributed by atoms with Crippen LogP contribution in [0.1, 0.15) is 63.9 Å². The van der Waals surface area contributed by atoms with Gasteiger partial charge in [-0.2, -0.15) is 0 Å². The van der Waals surface area contributed by atoms with Crippen LogP contribution in [0.4, 0.5) is 0 Å². The number of pyridine rings is 2. The van der Waals surface area contributed by atoms with Crippen molar-refractivity contribution in [2.75, 3.05) is 0 Å². The number of fused-ring (bicyclic) bond motifs is 9. The molecule has 11 rings (SSSR count). The van der Waals surface area contributed by atoms with Crippen molar-refractivity contribution in [3.8, 4) is 28.4 Å². The zero-order valence-corrected chi connectivity index (χ0v) is 30.2. The van der Waals surface area contributed by atoms with E-state index < -0.39 is 0 Å². The van der Waals surface area contributed by atoms with Crippen LogP contribution >= 0.6 is 0 Å². The van der Waals surface area contributed by atoms with Crippen LogP contribution < -0.4 is 4.74 Å². The summed E-state index contributed by atoms with van der Waals surface area (Å²) in [5.74, 6) is 2.50. The molecular weight excluding hydrogens is 637 g/mol. The van der Waals surface area contributed by atoms with Crippen LogP contribution in [0.15, 0.2) is 122 Å². The maximum absolute atomic E-state index is 6.77. The number of imidazole rings is 1. The first-order valence-corrected chi connectivity index (χ1v) is 18.2. The number of hydrogen-bond donors (Lipinski definition) is 0. The van der Waals surface area contributed by atoms with Gasteiger partial charge in [-0.3, -0.25) is 8.97 Å². The number of nitrogens with zero attached hydrogens (tertiary/aromatic N) is 4. The first kappa shape index (κ1) is 29.8. The predicted molar refractivity (Wildman–Crippen MR) is 212 cm³/mol. The van der Waals surface area contributed by atoms with E-state index in [1.807, 2.05) is 6.20 Å². The molecule has 0 amide bonds. The van der Waals surface area contributed by atoms with Crippen LogP contribution in [0.2, 0.25) is 0 Å². The largest absolute Gasteiger partial charge is 0.457 e. The number of benzene rings is 5. The van der Waals surface area contributed by atoms with E-state index in [4.69, 9.17) is 14.7 Å². The van der Waals surface area contributed by atoms with Gasteiger partial charge in [-0.25, -0.2) is 9.97 Å². The molecule has 0 atom stereocenters. The first-order chi connectivity index (χ1) is 25.1. The van der Waals surface area contributed by atoms with Crippen molar-refractivity contribution in [1.82, 2.24) is 18.9 Å². The Labute approximate surface area is 302 Å². The molecule has 0 saturated carbocycles. The molecule has 0 radical (unpaired) electrons. The van der Waals surface area contributed by atoms with Gasteiger partial charge < -0.3 is 4.74 Å². The summed E-state index contributed by atoms with van der Waals surface area (Å²) in [6.07, 6.45) is 4.05. The van der Waals surface area contributed by atoms with E-state index in [1.165, 1.54) is 60.6 Å². The lowest BCUT2D eigenvalue weighted by Gasteiger charge is -2.45. The predicted octanol–water partition coefficient (Wildman–Crippen LogP) is 11.8. The van der Waals surface area contributed by atoms with E-state index in [1.54, 1.807) is 0 Å². The Morgan fingerprint density at radius 1 is 0.558 bits per heavy atom. The fraction of sp³-hybridized carbons (Fsp3) is 0.191. The Bertz CT molecular complexity index is 3030. The normalized spacial score (nSPS) is 16.3. The molecular formula is C47H38N4O. The lowest BCUT2D eigenvalue weighted by atomic mass is 9.61. The molecule has 0 fully saturated rings. The highest BCUT2D eigenvalue weighted by Gasteiger charge is 2.46. The van der Waals surface area contributed by atoms with Gasteiger partial charge in [0.2, 0.25) is 0 Å². The highest BCUT2D eigenvalue weighted by molar-refractivity contribution is 6.14. The minimum Gasteiger partial charge on any atom is -0.457 e. The average Bonchev–Trinajstić information content (AvgIpc) is 3.81. The van der Waals surface area contributed by atoms with E-state index in [0.717, 1.165) is 39.4 Å². The van der Waals surface area contributed by atoms with Gasteiger partial charge >= 0.3 is 0 Å². The molecule has 4 aromatic heterocycles. The number of ether oxygens (including phenoxy) is 1. The van der Waals surface area contributed by atoms with Crippen molar-refractivity contribution in [1.29, 1.82) is 0 Å². The van der Waals surface area contributed by atoms with Gasteiger partial charge in [-0.05, 0) is 70.1 Å². The molecule has 0 spiro atoms. The average molecular weight is 675 g/mol. The van der Waals surface area contributed by atoms with E-state index in [9.17, 15) is 0 Å². The third-order valence-electron chi connectivity index (χ3n) is 13.0. The van der Waals surface area contributed by atoms with Gasteiger partial charge in [-0.15, -0.1) is 0 Å². The lowest BCUT2D eigenvalue weighted by molar-refractivity contribution is 0.288. The van der Waals surface area contributed by atoms with Crippen molar-refractivity contribution < 1.29 is 4.74 Å². The molecule has 5 heterocycles. The van der Waals surface area contributed by atoms with E-state index in [0.29, 0.717) is 0 Å². The topological polar surface area (TPSA) is 44.3 Å². The summed E-state index contributed by atoms with van der Waals surface area (Å²) in [7, 11) is 0. The second kappa shape index (κ2) is 9.68. The zero-order chi connectivity index (χ0) is 35.3. The number of rotatable bonds is 3. The van der Waals surface area contributed by atoms with Crippen LogP contribution in [0.25, 0.3) is 66.1 Å². The fourth-order valence-corrected chi connectivity index (χ4v) is 9.55. The number of para-hydroxylation sites is 2. The minimum absolute atomic E-state index is 0.0533. The molecule has 252 valence electrons. The Morgan fingerprint density at radius 3 is 2.13 bits per heavy atom. The van der Waals surface area contributed by atoms with Crippen molar-refractivity contribution in [3.05, 3.63) is 144 Å². The van der Waals surface area contributed by atoms with Crippen LogP contribution in [-0.2, 0) is 16.2 Å². The van der Waals surface area contributed by atoms with Gasteiger partial charge in [0.25, 0.3) is 0 Å². The summed E-state index contributed by atoms with van der Waals surface area (Å²) in [6.45, 7) is 14.0. The lowest BCUT2D eigenvalue weighted by Crippen LogP contribution is -2.44. The second-order valence-corrected chi connectivity index (χ2v) is 16.3. The maximum atomic E-state index is 6.77. The summed E-state index contributed by atoms with van der Waals surface area (Å²) in [4.78, 5) is 10.2. The smallest absolute Gasteiger partial charge is 0.145 e. The SMILES string of the molecule is CC1(C)c2ccccc2-c2c1ccnc2-n1c2ccccc2c2ccc(Oc3ccc4c(c3)c3ncc5n3c3c(cccc43)C(C)(C)C5(C)C)cc21. The fourth-order valence-electron chi connectivity index (χ4n) is 9.55. The third-order valence-corrected chi connectivity index (χ3v) is 13.0. The molecule has 0 bridgehead atoms. The standard InChI is InChI=1S/C47H38N4O/c1-45(2)35-15-9-7-13-33(35)41-36(45)22-23-48-44(41)50-38-17-10-8-12-30(38)31-21-19-28(25-39(31)50)52-27-18-20-29-32-14-11-16-37-42(32)51-40(47(5,6)46(37,3)4)26-49-43(51)34(29)24-27/h7-26H,1-6H3. The highest BCUT2D eigenvalue weighted by Crippen LogP contribution is 2.53. The van der Waals surface area contributed by atoms with E-state index >= 15 is 0 Å². The van der Waals surface area contributed by atoms with Crippen LogP contribution in [0.5, 0.6) is 11.5 Å². The van der Waals surface area contributed by atoms with Gasteiger partial charge in [0.05, 0.1) is 16.6 Å². The van der Waals surface area contributed by atoms with Crippen molar-refractivity contribution in [2.45, 2.75) is 57.8 Å². The molecule has 0 N–H and O–H groups in total. The quantitative estimate of drug-likeness (QED) is 0.175. The third kappa shape index (κ3) is 3.53. The number of aromatic nitrogens is 4. The second-order valence-electron chi connectivity index (χ2n) is 16.3. The Balaban J connectivity index is 1.10. The summed E-state index contributed by atoms with van der Waals surface area (Å²) in [5, 5.41) is 5.88. The van der Waals surface area contributed by atoms with Gasteiger partial charge in [0, 0.05) is 67.5 Å². The van der Waals surface area contributed by atoms with Gasteiger partial charge in [0.1, 0.15) is 23.0 Å². The molecule has 2 aliphatic rings. The molecule has 9 aromatic rings.